The van der Waals surface area contributed by atoms with Crippen LogP contribution in [0.4, 0.5) is 8.78 Å². The summed E-state index contributed by atoms with van der Waals surface area (Å²) in [6.45, 7) is 1.94. The molecule has 4 aromatic rings. The Morgan fingerprint density at radius 3 is 2.83 bits per heavy atom. The average molecular weight is 328 g/mol. The number of benzene rings is 2. The van der Waals surface area contributed by atoms with Crippen LogP contribution >= 0.6 is 11.3 Å². The zero-order valence-corrected chi connectivity index (χ0v) is 12.8. The van der Waals surface area contributed by atoms with Gasteiger partial charge in [-0.05, 0) is 36.8 Å². The van der Waals surface area contributed by atoms with Crippen molar-refractivity contribution in [2.24, 2.45) is 0 Å². The van der Waals surface area contributed by atoms with E-state index in [2.05, 4.69) is 4.98 Å². The van der Waals surface area contributed by atoms with Gasteiger partial charge in [-0.1, -0.05) is 23.5 Å². The minimum Gasteiger partial charge on any atom is -0.267 e. The molecule has 0 aliphatic carbocycles. The number of nitrogens with zero attached hydrogens (tertiary/aromatic N) is 2. The number of thiazole rings is 1. The minimum absolute atomic E-state index is 0.175. The molecule has 0 unspecified atom stereocenters. The van der Waals surface area contributed by atoms with Gasteiger partial charge in [0.05, 0.1) is 15.6 Å². The summed E-state index contributed by atoms with van der Waals surface area (Å²) in [5.41, 5.74) is 2.44. The van der Waals surface area contributed by atoms with E-state index in [-0.39, 0.29) is 11.1 Å². The molecule has 3 nitrogen and oxygen atoms in total. The summed E-state index contributed by atoms with van der Waals surface area (Å²) in [6.07, 6.45) is 1.43. The van der Waals surface area contributed by atoms with E-state index in [4.69, 9.17) is 0 Å². The van der Waals surface area contributed by atoms with Gasteiger partial charge in [0.25, 0.3) is 5.56 Å². The molecule has 0 atom stereocenters. The van der Waals surface area contributed by atoms with E-state index in [1.807, 2.05) is 25.1 Å². The van der Waals surface area contributed by atoms with Crippen LogP contribution in [-0.2, 0) is 0 Å². The van der Waals surface area contributed by atoms with Crippen molar-refractivity contribution in [3.8, 4) is 0 Å². The van der Waals surface area contributed by atoms with Gasteiger partial charge in [0.2, 0.25) is 0 Å². The number of hydrogen-bond acceptors (Lipinski definition) is 3. The Morgan fingerprint density at radius 1 is 1.22 bits per heavy atom. The SMILES string of the molecule is Cc1cccc2c1nc1s/c(=C\c3ccc(F)cc3F)c(=O)n12. The van der Waals surface area contributed by atoms with E-state index in [1.54, 1.807) is 0 Å². The highest BCUT2D eigenvalue weighted by Gasteiger charge is 2.12. The summed E-state index contributed by atoms with van der Waals surface area (Å²) in [6, 6.07) is 8.91. The predicted molar refractivity (Wildman–Crippen MR) is 86.7 cm³/mol. The van der Waals surface area contributed by atoms with E-state index >= 15 is 0 Å². The average Bonchev–Trinajstić information content (AvgIpc) is 3.01. The first-order valence-corrected chi connectivity index (χ1v) is 7.73. The second kappa shape index (κ2) is 4.96. The van der Waals surface area contributed by atoms with Crippen LogP contribution in [0.15, 0.2) is 41.2 Å². The standard InChI is InChI=1S/C17H10F2N2OS/c1-9-3-2-4-13-15(9)20-17-21(13)16(22)14(23-17)7-10-5-6-11(18)8-12(10)19/h2-8H,1H3/b14-7-. The van der Waals surface area contributed by atoms with Gasteiger partial charge >= 0.3 is 0 Å². The number of aryl methyl sites for hydroxylation is 1. The largest absolute Gasteiger partial charge is 0.274 e. The van der Waals surface area contributed by atoms with Crippen LogP contribution in [-0.4, -0.2) is 9.38 Å². The minimum atomic E-state index is -0.698. The first-order chi connectivity index (χ1) is 11.0. The first-order valence-electron chi connectivity index (χ1n) is 6.92. The molecule has 0 N–H and O–H groups in total. The molecule has 0 spiro atoms. The van der Waals surface area contributed by atoms with Gasteiger partial charge in [-0.3, -0.25) is 4.79 Å². The van der Waals surface area contributed by atoms with E-state index in [0.29, 0.717) is 9.49 Å². The lowest BCUT2D eigenvalue weighted by atomic mass is 10.2. The van der Waals surface area contributed by atoms with Gasteiger partial charge in [0, 0.05) is 11.6 Å². The quantitative estimate of drug-likeness (QED) is 0.538. The van der Waals surface area contributed by atoms with Crippen molar-refractivity contribution in [1.29, 1.82) is 0 Å². The monoisotopic (exact) mass is 328 g/mol. The van der Waals surface area contributed by atoms with Crippen molar-refractivity contribution in [3.05, 3.63) is 74.0 Å². The molecule has 0 saturated heterocycles. The van der Waals surface area contributed by atoms with Gasteiger partial charge in [-0.2, -0.15) is 0 Å². The Morgan fingerprint density at radius 2 is 2.04 bits per heavy atom. The molecule has 0 amide bonds. The highest BCUT2D eigenvalue weighted by Crippen LogP contribution is 2.19. The number of imidazole rings is 1. The summed E-state index contributed by atoms with van der Waals surface area (Å²) >= 11 is 1.19. The second-order valence-corrected chi connectivity index (χ2v) is 6.26. The fraction of sp³-hybridized carbons (Fsp3) is 0.0588. The van der Waals surface area contributed by atoms with Crippen molar-refractivity contribution < 1.29 is 8.78 Å². The third kappa shape index (κ3) is 2.14. The number of rotatable bonds is 1. The molecular weight excluding hydrogens is 318 g/mol. The van der Waals surface area contributed by atoms with Crippen LogP contribution < -0.4 is 10.1 Å². The summed E-state index contributed by atoms with van der Waals surface area (Å²) in [5, 5.41) is 0. The van der Waals surface area contributed by atoms with Crippen LogP contribution in [0.5, 0.6) is 0 Å². The van der Waals surface area contributed by atoms with E-state index < -0.39 is 11.6 Å². The molecule has 0 radical (unpaired) electrons. The second-order valence-electron chi connectivity index (χ2n) is 5.25. The zero-order valence-electron chi connectivity index (χ0n) is 12.0. The smallest absolute Gasteiger partial charge is 0.267 e. The molecule has 0 bridgehead atoms. The molecule has 23 heavy (non-hydrogen) atoms. The molecule has 2 aromatic carbocycles. The molecule has 0 fully saturated rings. The third-order valence-electron chi connectivity index (χ3n) is 3.72. The number of halogens is 2. The van der Waals surface area contributed by atoms with Crippen molar-refractivity contribution in [1.82, 2.24) is 9.38 Å². The lowest BCUT2D eigenvalue weighted by molar-refractivity contribution is 0.581. The van der Waals surface area contributed by atoms with Crippen molar-refractivity contribution >= 4 is 33.4 Å². The highest BCUT2D eigenvalue weighted by molar-refractivity contribution is 7.15. The summed E-state index contributed by atoms with van der Waals surface area (Å²) in [4.78, 5) is 17.6. The first kappa shape index (κ1) is 14.0. The summed E-state index contributed by atoms with van der Waals surface area (Å²) in [7, 11) is 0. The van der Waals surface area contributed by atoms with Crippen LogP contribution in [0.2, 0.25) is 0 Å². The molecule has 4 rings (SSSR count). The van der Waals surface area contributed by atoms with Crippen molar-refractivity contribution in [2.75, 3.05) is 0 Å². The lowest BCUT2D eigenvalue weighted by Crippen LogP contribution is -2.22. The van der Waals surface area contributed by atoms with Crippen LogP contribution in [0.1, 0.15) is 11.1 Å². The third-order valence-corrected chi connectivity index (χ3v) is 4.69. The maximum absolute atomic E-state index is 13.8. The molecule has 6 heteroatoms. The molecule has 0 aliphatic rings. The number of para-hydroxylation sites is 1. The maximum atomic E-state index is 13.8. The Balaban J connectivity index is 2.02. The van der Waals surface area contributed by atoms with E-state index in [0.717, 1.165) is 28.7 Å². The predicted octanol–water partition coefficient (Wildman–Crippen LogP) is 3.04. The molecule has 114 valence electrons. The van der Waals surface area contributed by atoms with E-state index in [9.17, 15) is 13.6 Å². The molecular formula is C17H10F2N2OS. The Bertz CT molecular complexity index is 1180. The fourth-order valence-corrected chi connectivity index (χ4v) is 3.56. The summed E-state index contributed by atoms with van der Waals surface area (Å²) in [5.74, 6) is -1.35. The fourth-order valence-electron chi connectivity index (χ4n) is 2.59. The van der Waals surface area contributed by atoms with Gasteiger partial charge in [-0.25, -0.2) is 18.2 Å². The maximum Gasteiger partial charge on any atom is 0.274 e. The molecule has 2 heterocycles. The van der Waals surface area contributed by atoms with Gasteiger partial charge < -0.3 is 0 Å². The Kier molecular flexibility index (Phi) is 3.02. The van der Waals surface area contributed by atoms with Gasteiger partial charge in [0.15, 0.2) is 4.96 Å². The van der Waals surface area contributed by atoms with Crippen molar-refractivity contribution in [3.63, 3.8) is 0 Å². The van der Waals surface area contributed by atoms with Crippen LogP contribution in [0, 0.1) is 18.6 Å². The number of fused-ring (bicyclic) bond motifs is 3. The topological polar surface area (TPSA) is 34.4 Å². The van der Waals surface area contributed by atoms with Gasteiger partial charge in [-0.15, -0.1) is 0 Å². The van der Waals surface area contributed by atoms with Crippen molar-refractivity contribution in [2.45, 2.75) is 6.92 Å². The normalized spacial score (nSPS) is 12.6. The molecule has 2 aromatic heterocycles. The zero-order chi connectivity index (χ0) is 16.1. The summed E-state index contributed by atoms with van der Waals surface area (Å²) < 4.78 is 28.6. The Labute approximate surface area is 133 Å². The molecule has 0 saturated carbocycles. The molecule has 0 aliphatic heterocycles. The lowest BCUT2D eigenvalue weighted by Gasteiger charge is -1.95. The number of hydrogen-bond donors (Lipinski definition) is 0. The number of aromatic nitrogens is 2. The van der Waals surface area contributed by atoms with Crippen LogP contribution in [0.25, 0.3) is 22.1 Å². The van der Waals surface area contributed by atoms with Crippen LogP contribution in [0.3, 0.4) is 0 Å². The highest BCUT2D eigenvalue weighted by atomic mass is 32.1. The Hall–Kier alpha value is -2.60. The van der Waals surface area contributed by atoms with Gasteiger partial charge in [0.1, 0.15) is 11.6 Å². The van der Waals surface area contributed by atoms with E-state index in [1.165, 1.54) is 27.9 Å².